The monoisotopic (exact) mass is 394 g/mol. The van der Waals surface area contributed by atoms with Crippen LogP contribution in [0.25, 0.3) is 0 Å². The molecule has 2 aliphatic rings. The Morgan fingerprint density at radius 1 is 0.964 bits per heavy atom. The molecule has 1 aromatic carbocycles. The van der Waals surface area contributed by atoms with Crippen LogP contribution in [0.3, 0.4) is 0 Å². The first-order valence-corrected chi connectivity index (χ1v) is 9.70. The van der Waals surface area contributed by atoms with Crippen LogP contribution in [0.1, 0.15) is 44.1 Å². The Kier molecular flexibility index (Phi) is 6.65. The Labute approximate surface area is 162 Å². The zero-order chi connectivity index (χ0) is 20.0. The van der Waals surface area contributed by atoms with Crippen LogP contribution >= 0.6 is 0 Å². The molecule has 0 radical (unpaired) electrons. The molecule has 0 atom stereocenters. The lowest BCUT2D eigenvalue weighted by Crippen LogP contribution is -2.20. The fraction of sp³-hybridized carbons (Fsp3) is 0.476. The van der Waals surface area contributed by atoms with Crippen molar-refractivity contribution in [2.75, 3.05) is 18.0 Å². The second kappa shape index (κ2) is 9.17. The number of aromatic nitrogens is 1. The number of rotatable bonds is 3. The van der Waals surface area contributed by atoms with Gasteiger partial charge in [-0.3, -0.25) is 4.79 Å². The van der Waals surface area contributed by atoms with Crippen molar-refractivity contribution in [3.63, 3.8) is 0 Å². The van der Waals surface area contributed by atoms with Crippen LogP contribution in [0.4, 0.5) is 18.9 Å². The molecule has 1 saturated heterocycles. The maximum atomic E-state index is 11.8. The Bertz CT molecular complexity index is 787. The van der Waals surface area contributed by atoms with Crippen LogP contribution in [0.15, 0.2) is 47.4 Å². The van der Waals surface area contributed by atoms with Gasteiger partial charge in [0.05, 0.1) is 17.4 Å². The number of pyridine rings is 1. The molecule has 4 nitrogen and oxygen atoms in total. The van der Waals surface area contributed by atoms with Crippen LogP contribution in [0.5, 0.6) is 5.75 Å². The van der Waals surface area contributed by atoms with E-state index in [0.29, 0.717) is 12.3 Å². The van der Waals surface area contributed by atoms with Gasteiger partial charge in [-0.2, -0.15) is 13.2 Å². The second-order valence-electron chi connectivity index (χ2n) is 7.13. The van der Waals surface area contributed by atoms with E-state index in [0.717, 1.165) is 17.9 Å². The van der Waals surface area contributed by atoms with Crippen molar-refractivity contribution in [2.24, 2.45) is 0 Å². The number of hydrogen-bond donors (Lipinski definition) is 1. The van der Waals surface area contributed by atoms with Crippen molar-refractivity contribution >= 4 is 5.69 Å². The van der Waals surface area contributed by atoms with Crippen LogP contribution < -0.4 is 15.2 Å². The van der Waals surface area contributed by atoms with E-state index in [2.05, 4.69) is 29.2 Å². The minimum atomic E-state index is -4.38. The van der Waals surface area contributed by atoms with Crippen molar-refractivity contribution in [3.05, 3.63) is 58.5 Å². The molecular weight excluding hydrogens is 369 g/mol. The maximum Gasteiger partial charge on any atom is 0.417 e. The molecule has 152 valence electrons. The summed E-state index contributed by atoms with van der Waals surface area (Å²) in [5.74, 6) is 1.10. The van der Waals surface area contributed by atoms with Gasteiger partial charge < -0.3 is 14.6 Å². The first-order chi connectivity index (χ1) is 13.4. The smallest absolute Gasteiger partial charge is 0.417 e. The highest BCUT2D eigenvalue weighted by Crippen LogP contribution is 2.33. The van der Waals surface area contributed by atoms with E-state index >= 15 is 0 Å². The van der Waals surface area contributed by atoms with E-state index in [1.54, 1.807) is 0 Å². The van der Waals surface area contributed by atoms with Gasteiger partial charge in [-0.1, -0.05) is 12.1 Å². The predicted molar refractivity (Wildman–Crippen MR) is 103 cm³/mol. The highest BCUT2D eigenvalue weighted by Gasteiger charge is 2.30. The first-order valence-electron chi connectivity index (χ1n) is 9.70. The molecule has 0 amide bonds. The van der Waals surface area contributed by atoms with Crippen molar-refractivity contribution < 1.29 is 17.9 Å². The largest absolute Gasteiger partial charge is 0.488 e. The number of anilines is 1. The summed E-state index contributed by atoms with van der Waals surface area (Å²) in [6, 6.07) is 10.1. The van der Waals surface area contributed by atoms with Crippen LogP contribution in [-0.2, 0) is 6.18 Å². The van der Waals surface area contributed by atoms with Crippen molar-refractivity contribution in [1.29, 1.82) is 0 Å². The van der Waals surface area contributed by atoms with Gasteiger partial charge in [0.15, 0.2) is 0 Å². The Morgan fingerprint density at radius 2 is 1.64 bits per heavy atom. The molecule has 1 aliphatic carbocycles. The lowest BCUT2D eigenvalue weighted by molar-refractivity contribution is -0.137. The fourth-order valence-electron chi connectivity index (χ4n) is 3.55. The molecular formula is C21H25F3N2O2. The normalized spacial score (nSPS) is 17.3. The number of aromatic amines is 1. The number of nitrogens with zero attached hydrogens (tertiary/aromatic N) is 1. The van der Waals surface area contributed by atoms with Crippen molar-refractivity contribution in [3.8, 4) is 5.75 Å². The third-order valence-corrected chi connectivity index (χ3v) is 5.02. The highest BCUT2D eigenvalue weighted by molar-refractivity contribution is 5.59. The summed E-state index contributed by atoms with van der Waals surface area (Å²) < 4.78 is 41.6. The number of alkyl halides is 3. The van der Waals surface area contributed by atoms with E-state index in [4.69, 9.17) is 4.74 Å². The summed E-state index contributed by atoms with van der Waals surface area (Å²) in [5.41, 5.74) is -0.0907. The Hall–Kier alpha value is -2.44. The zero-order valence-electron chi connectivity index (χ0n) is 15.7. The van der Waals surface area contributed by atoms with E-state index < -0.39 is 17.3 Å². The van der Waals surface area contributed by atoms with Gasteiger partial charge in [0, 0.05) is 25.4 Å². The zero-order valence-corrected chi connectivity index (χ0v) is 15.7. The molecule has 1 saturated carbocycles. The quantitative estimate of drug-likeness (QED) is 0.797. The molecule has 0 unspecified atom stereocenters. The summed E-state index contributed by atoms with van der Waals surface area (Å²) in [5, 5.41) is 0. The van der Waals surface area contributed by atoms with Gasteiger partial charge >= 0.3 is 6.18 Å². The number of para-hydroxylation sites is 2. The standard InChI is InChI=1S/C15H21NO.C6H4F3NO/c1-2-8-13(7-1)17-15-10-4-3-9-14(15)16-11-5-6-12-16;7-6(8,9)4-1-2-5(11)10-3-4/h3-4,9-10,13H,1-2,5-8,11-12H2;1-3H,(H,10,11). The number of halogens is 3. The lowest BCUT2D eigenvalue weighted by atomic mass is 10.2. The lowest BCUT2D eigenvalue weighted by Gasteiger charge is -2.23. The summed E-state index contributed by atoms with van der Waals surface area (Å²) in [4.78, 5) is 14.7. The van der Waals surface area contributed by atoms with Crippen LogP contribution in [0, 0.1) is 0 Å². The highest BCUT2D eigenvalue weighted by atomic mass is 19.4. The molecule has 4 rings (SSSR count). The van der Waals surface area contributed by atoms with Gasteiger partial charge in [-0.05, 0) is 56.7 Å². The predicted octanol–water partition coefficient (Wildman–Crippen LogP) is 5.00. The molecule has 2 aromatic rings. The minimum absolute atomic E-state index is 0.457. The first kappa shape index (κ1) is 20.3. The van der Waals surface area contributed by atoms with E-state index in [1.807, 2.05) is 4.98 Å². The van der Waals surface area contributed by atoms with Crippen LogP contribution in [-0.4, -0.2) is 24.2 Å². The van der Waals surface area contributed by atoms with E-state index in [1.165, 1.54) is 57.3 Å². The molecule has 1 aromatic heterocycles. The number of nitrogens with one attached hydrogen (secondary N) is 1. The average molecular weight is 394 g/mol. The number of benzene rings is 1. The molecule has 7 heteroatoms. The van der Waals surface area contributed by atoms with Gasteiger partial charge in [0.2, 0.25) is 5.56 Å². The SMILES string of the molecule is O=c1ccc(C(F)(F)F)c[nH]1.c1ccc(N2CCCC2)c(OC2CCCC2)c1. The van der Waals surface area contributed by atoms with Crippen LogP contribution in [0.2, 0.25) is 0 Å². The maximum absolute atomic E-state index is 11.8. The average Bonchev–Trinajstić information content (AvgIpc) is 3.36. The third-order valence-electron chi connectivity index (χ3n) is 5.02. The summed E-state index contributed by atoms with van der Waals surface area (Å²) in [6.07, 6.45) is 4.47. The number of hydrogen-bond acceptors (Lipinski definition) is 3. The molecule has 28 heavy (non-hydrogen) atoms. The van der Waals surface area contributed by atoms with Gasteiger partial charge in [-0.15, -0.1) is 0 Å². The van der Waals surface area contributed by atoms with Crippen molar-refractivity contribution in [1.82, 2.24) is 4.98 Å². The van der Waals surface area contributed by atoms with Gasteiger partial charge in [0.25, 0.3) is 0 Å². The molecule has 2 fully saturated rings. The van der Waals surface area contributed by atoms with Gasteiger partial charge in [0.1, 0.15) is 5.75 Å². The fourth-order valence-corrected chi connectivity index (χ4v) is 3.55. The second-order valence-corrected chi connectivity index (χ2v) is 7.13. The summed E-state index contributed by atoms with van der Waals surface area (Å²) in [7, 11) is 0. The summed E-state index contributed by atoms with van der Waals surface area (Å²) in [6.45, 7) is 2.37. The van der Waals surface area contributed by atoms with Gasteiger partial charge in [-0.25, -0.2) is 0 Å². The molecule has 0 bridgehead atoms. The van der Waals surface area contributed by atoms with E-state index in [-0.39, 0.29) is 0 Å². The van der Waals surface area contributed by atoms with E-state index in [9.17, 15) is 18.0 Å². The Morgan fingerprint density at radius 3 is 2.25 bits per heavy atom. The molecule has 0 spiro atoms. The molecule has 1 N–H and O–H groups in total. The topological polar surface area (TPSA) is 45.3 Å². The Balaban J connectivity index is 0.000000178. The summed E-state index contributed by atoms with van der Waals surface area (Å²) >= 11 is 0. The number of ether oxygens (including phenoxy) is 1. The van der Waals surface area contributed by atoms with Crippen molar-refractivity contribution in [2.45, 2.75) is 50.8 Å². The third kappa shape index (κ3) is 5.53. The minimum Gasteiger partial charge on any atom is -0.488 e. The molecule has 2 heterocycles. The number of H-pyrrole nitrogens is 1. The molecule has 1 aliphatic heterocycles.